The number of rotatable bonds is 2. The minimum Gasteiger partial charge on any atom is -0.309 e. The topological polar surface area (TPSA) is 82.2 Å². The Bertz CT molecular complexity index is 1100. The monoisotopic (exact) mass is 421 g/mol. The molecule has 0 fully saturated rings. The van der Waals surface area contributed by atoms with Gasteiger partial charge in [0.25, 0.3) is 5.91 Å². The maximum Gasteiger partial charge on any atom is 0.416 e. The smallest absolute Gasteiger partial charge is 0.309 e. The number of carbonyl (C=O) groups is 1. The van der Waals surface area contributed by atoms with E-state index in [-0.39, 0.29) is 22.9 Å². The van der Waals surface area contributed by atoms with Gasteiger partial charge in [0, 0.05) is 10.9 Å². The number of guanidine groups is 1. The van der Waals surface area contributed by atoms with Gasteiger partial charge in [-0.15, -0.1) is 0 Å². The second-order valence-corrected chi connectivity index (χ2v) is 7.55. The minimum atomic E-state index is -4.48. The van der Waals surface area contributed by atoms with Gasteiger partial charge in [0.2, 0.25) is 5.96 Å². The molecule has 0 radical (unpaired) electrons. The Balaban J connectivity index is 1.89. The highest BCUT2D eigenvalue weighted by atomic mass is 19.4. The summed E-state index contributed by atoms with van der Waals surface area (Å²) in [6.45, 7) is 5.41. The highest BCUT2D eigenvalue weighted by molar-refractivity contribution is 6.11. The summed E-state index contributed by atoms with van der Waals surface area (Å²) < 4.78 is 51.8. The molecular formula is C20H19F4N5O. The van der Waals surface area contributed by atoms with Crippen LogP contribution in [0.1, 0.15) is 36.7 Å². The number of hydrogen-bond acceptors (Lipinski definition) is 3. The number of halogens is 4. The number of fused-ring (bicyclic) bond motifs is 1. The van der Waals surface area contributed by atoms with Gasteiger partial charge in [-0.05, 0) is 63.2 Å². The molecule has 3 aromatic rings. The van der Waals surface area contributed by atoms with E-state index in [2.05, 4.69) is 25.8 Å². The predicted molar refractivity (Wildman–Crippen MR) is 106 cm³/mol. The standard InChI is InChI=1S/C20H19F4N5O/c1-19(2,3)27-18(26-17(30)11-4-7-13(21)8-5-11)25-16-14-9-6-12(20(22,23)24)10-15(14)28-29-16/h4-10H,1-3H3,(H3,25,26,27,28,29,30). The zero-order valence-electron chi connectivity index (χ0n) is 16.4. The Morgan fingerprint density at radius 2 is 1.73 bits per heavy atom. The molecule has 0 aliphatic rings. The summed E-state index contributed by atoms with van der Waals surface area (Å²) in [5.74, 6) is -0.773. The molecule has 158 valence electrons. The van der Waals surface area contributed by atoms with Crippen LogP contribution < -0.4 is 10.6 Å². The molecule has 3 N–H and O–H groups in total. The molecule has 1 amide bonds. The number of hydrogen-bond donors (Lipinski definition) is 3. The first-order valence-corrected chi connectivity index (χ1v) is 8.91. The fraction of sp³-hybridized carbons (Fsp3) is 0.250. The van der Waals surface area contributed by atoms with Gasteiger partial charge in [-0.1, -0.05) is 0 Å². The number of nitrogens with zero attached hydrogens (tertiary/aromatic N) is 2. The van der Waals surface area contributed by atoms with Crippen LogP contribution in [0.2, 0.25) is 0 Å². The lowest BCUT2D eigenvalue weighted by atomic mass is 10.1. The van der Waals surface area contributed by atoms with Crippen LogP contribution in [0.25, 0.3) is 10.9 Å². The summed E-state index contributed by atoms with van der Waals surface area (Å²) in [5.41, 5.74) is -1.01. The number of carbonyl (C=O) groups excluding carboxylic acids is 1. The zero-order chi connectivity index (χ0) is 22.1. The van der Waals surface area contributed by atoms with E-state index in [9.17, 15) is 22.4 Å². The number of aromatic nitrogens is 2. The van der Waals surface area contributed by atoms with Crippen LogP contribution in [0.3, 0.4) is 0 Å². The third-order valence-corrected chi connectivity index (χ3v) is 3.91. The number of nitrogens with one attached hydrogen (secondary N) is 3. The van der Waals surface area contributed by atoms with Gasteiger partial charge in [-0.25, -0.2) is 9.38 Å². The van der Waals surface area contributed by atoms with Crippen LogP contribution in [-0.2, 0) is 6.18 Å². The number of anilines is 1. The Kier molecular flexibility index (Phi) is 5.51. The van der Waals surface area contributed by atoms with E-state index in [1.807, 2.05) is 0 Å². The Morgan fingerprint density at radius 3 is 2.33 bits per heavy atom. The van der Waals surface area contributed by atoms with E-state index in [0.29, 0.717) is 5.39 Å². The summed E-state index contributed by atoms with van der Waals surface area (Å²) in [7, 11) is 0. The van der Waals surface area contributed by atoms with Crippen molar-refractivity contribution in [2.45, 2.75) is 32.5 Å². The third-order valence-electron chi connectivity index (χ3n) is 3.91. The van der Waals surface area contributed by atoms with Crippen molar-refractivity contribution in [3.05, 3.63) is 59.4 Å². The summed E-state index contributed by atoms with van der Waals surface area (Å²) in [5, 5.41) is 12.4. The van der Waals surface area contributed by atoms with E-state index >= 15 is 0 Å². The number of amides is 1. The van der Waals surface area contributed by atoms with Crippen LogP contribution in [-0.4, -0.2) is 27.6 Å². The summed E-state index contributed by atoms with van der Waals surface area (Å²) in [6, 6.07) is 8.13. The molecule has 0 bridgehead atoms. The van der Waals surface area contributed by atoms with Crippen molar-refractivity contribution in [1.82, 2.24) is 15.5 Å². The van der Waals surface area contributed by atoms with Gasteiger partial charge in [-0.2, -0.15) is 18.3 Å². The van der Waals surface area contributed by atoms with Crippen LogP contribution in [0.5, 0.6) is 0 Å². The molecule has 0 unspecified atom stereocenters. The molecule has 0 saturated carbocycles. The van der Waals surface area contributed by atoms with E-state index in [4.69, 9.17) is 0 Å². The molecule has 0 saturated heterocycles. The Hall–Kier alpha value is -3.43. The fourth-order valence-electron chi connectivity index (χ4n) is 2.61. The Labute approximate surface area is 169 Å². The van der Waals surface area contributed by atoms with Crippen molar-refractivity contribution in [3.8, 4) is 0 Å². The predicted octanol–water partition coefficient (Wildman–Crippen LogP) is 4.72. The van der Waals surface area contributed by atoms with Gasteiger partial charge in [0.05, 0.1) is 16.6 Å². The van der Waals surface area contributed by atoms with Crippen molar-refractivity contribution in [2.24, 2.45) is 4.99 Å². The lowest BCUT2D eigenvalue weighted by molar-refractivity contribution is -0.137. The van der Waals surface area contributed by atoms with Gasteiger partial charge in [-0.3, -0.25) is 15.2 Å². The maximum atomic E-state index is 13.1. The number of aliphatic imine (C=N–C) groups is 1. The average Bonchev–Trinajstić information content (AvgIpc) is 3.02. The lowest BCUT2D eigenvalue weighted by Gasteiger charge is -2.17. The van der Waals surface area contributed by atoms with Crippen molar-refractivity contribution in [2.75, 3.05) is 5.32 Å². The first-order valence-electron chi connectivity index (χ1n) is 8.91. The molecule has 1 heterocycles. The molecule has 10 heteroatoms. The van der Waals surface area contributed by atoms with Crippen molar-refractivity contribution in [1.29, 1.82) is 0 Å². The molecule has 3 rings (SSSR count). The van der Waals surface area contributed by atoms with Crippen molar-refractivity contribution in [3.63, 3.8) is 0 Å². The maximum absolute atomic E-state index is 13.1. The van der Waals surface area contributed by atoms with Crippen LogP contribution >= 0.6 is 0 Å². The van der Waals surface area contributed by atoms with Gasteiger partial charge >= 0.3 is 6.18 Å². The number of benzene rings is 2. The second-order valence-electron chi connectivity index (χ2n) is 7.55. The molecule has 1 aromatic heterocycles. The quantitative estimate of drug-likeness (QED) is 0.318. The van der Waals surface area contributed by atoms with E-state index in [1.165, 1.54) is 18.2 Å². The average molecular weight is 421 g/mol. The van der Waals surface area contributed by atoms with Crippen molar-refractivity contribution >= 4 is 28.6 Å². The van der Waals surface area contributed by atoms with Crippen LogP contribution in [0, 0.1) is 5.82 Å². The normalized spacial score (nSPS) is 12.8. The van der Waals surface area contributed by atoms with Gasteiger partial charge in [0.15, 0.2) is 5.82 Å². The Morgan fingerprint density at radius 1 is 1.07 bits per heavy atom. The van der Waals surface area contributed by atoms with E-state index < -0.39 is 29.0 Å². The minimum absolute atomic E-state index is 0.0464. The van der Waals surface area contributed by atoms with Gasteiger partial charge < -0.3 is 5.32 Å². The molecule has 0 atom stereocenters. The summed E-state index contributed by atoms with van der Waals surface area (Å²) in [4.78, 5) is 16.9. The van der Waals surface area contributed by atoms with E-state index in [1.54, 1.807) is 20.8 Å². The zero-order valence-corrected chi connectivity index (χ0v) is 16.4. The lowest BCUT2D eigenvalue weighted by Crippen LogP contribution is -2.38. The first-order chi connectivity index (χ1) is 13.9. The largest absolute Gasteiger partial charge is 0.416 e. The summed E-state index contributed by atoms with van der Waals surface area (Å²) >= 11 is 0. The van der Waals surface area contributed by atoms with Crippen LogP contribution in [0.15, 0.2) is 47.5 Å². The first kappa shape index (κ1) is 21.3. The van der Waals surface area contributed by atoms with E-state index in [0.717, 1.165) is 24.3 Å². The van der Waals surface area contributed by atoms with Crippen molar-refractivity contribution < 1.29 is 22.4 Å². The third kappa shape index (κ3) is 5.13. The summed E-state index contributed by atoms with van der Waals surface area (Å²) in [6.07, 6.45) is -4.48. The number of aromatic amines is 1. The number of alkyl halides is 3. The molecule has 0 aliphatic carbocycles. The fourth-order valence-corrected chi connectivity index (χ4v) is 2.61. The highest BCUT2D eigenvalue weighted by Gasteiger charge is 2.31. The number of H-pyrrole nitrogens is 1. The molecule has 0 aliphatic heterocycles. The highest BCUT2D eigenvalue weighted by Crippen LogP contribution is 2.32. The van der Waals surface area contributed by atoms with Crippen LogP contribution in [0.4, 0.5) is 23.4 Å². The SMILES string of the molecule is CC(C)(C)N=C(NC(=O)c1ccc(F)cc1)Nc1n[nH]c2cc(C(F)(F)F)ccc12. The molecular weight excluding hydrogens is 402 g/mol. The molecule has 6 nitrogen and oxygen atoms in total. The molecule has 0 spiro atoms. The molecule has 2 aromatic carbocycles. The van der Waals surface area contributed by atoms with Gasteiger partial charge in [0.1, 0.15) is 5.82 Å². The molecule has 30 heavy (non-hydrogen) atoms. The second kappa shape index (κ2) is 7.77.